The molecular formula is C19H25N3OS. The summed E-state index contributed by atoms with van der Waals surface area (Å²) < 4.78 is 0. The van der Waals surface area contributed by atoms with Crippen molar-refractivity contribution in [2.45, 2.75) is 20.8 Å². The van der Waals surface area contributed by atoms with Gasteiger partial charge in [0.2, 0.25) is 0 Å². The average Bonchev–Trinajstić information content (AvgIpc) is 3.03. The van der Waals surface area contributed by atoms with E-state index in [9.17, 15) is 4.79 Å². The number of nitrogens with zero attached hydrogens (tertiary/aromatic N) is 2. The molecule has 1 aromatic heterocycles. The standard InChI is InChI=1S/C19H25N3OS/c1-4-21-8-10-22(11-9-21)16-5-6-17(15(3)13-16)20-19(23)18-14(2)7-12-24-18/h5-7,12-13H,4,8-11H2,1-3H3,(H,20,23). The lowest BCUT2D eigenvalue weighted by molar-refractivity contribution is 0.103. The molecule has 1 aliphatic rings. The zero-order chi connectivity index (χ0) is 17.1. The quantitative estimate of drug-likeness (QED) is 0.918. The minimum atomic E-state index is -0.0186. The van der Waals surface area contributed by atoms with Crippen LogP contribution >= 0.6 is 11.3 Å². The Morgan fingerprint density at radius 2 is 1.88 bits per heavy atom. The molecule has 4 nitrogen and oxygen atoms in total. The Morgan fingerprint density at radius 1 is 1.12 bits per heavy atom. The van der Waals surface area contributed by atoms with Gasteiger partial charge >= 0.3 is 0 Å². The number of aryl methyl sites for hydroxylation is 2. The van der Waals surface area contributed by atoms with Crippen molar-refractivity contribution in [1.82, 2.24) is 4.90 Å². The summed E-state index contributed by atoms with van der Waals surface area (Å²) in [7, 11) is 0. The lowest BCUT2D eigenvalue weighted by Gasteiger charge is -2.35. The monoisotopic (exact) mass is 343 g/mol. The fourth-order valence-corrected chi connectivity index (χ4v) is 3.91. The van der Waals surface area contributed by atoms with E-state index in [2.05, 4.69) is 41.1 Å². The molecule has 128 valence electrons. The molecule has 0 radical (unpaired) electrons. The second-order valence-electron chi connectivity index (χ2n) is 6.31. The van der Waals surface area contributed by atoms with Crippen LogP contribution in [0.5, 0.6) is 0 Å². The van der Waals surface area contributed by atoms with Gasteiger partial charge in [-0.05, 0) is 61.2 Å². The van der Waals surface area contributed by atoms with Gasteiger partial charge in [0, 0.05) is 37.6 Å². The predicted octanol–water partition coefficient (Wildman–Crippen LogP) is 3.76. The molecule has 0 saturated carbocycles. The maximum Gasteiger partial charge on any atom is 0.266 e. The molecule has 0 aliphatic carbocycles. The fourth-order valence-electron chi connectivity index (χ4n) is 3.09. The number of amides is 1. The van der Waals surface area contributed by atoms with Gasteiger partial charge in [0.1, 0.15) is 0 Å². The first-order valence-corrected chi connectivity index (χ1v) is 9.40. The molecule has 0 atom stereocenters. The molecular weight excluding hydrogens is 318 g/mol. The maximum absolute atomic E-state index is 12.4. The number of nitrogens with one attached hydrogen (secondary N) is 1. The highest BCUT2D eigenvalue weighted by molar-refractivity contribution is 7.12. The first kappa shape index (κ1) is 17.0. The number of anilines is 2. The van der Waals surface area contributed by atoms with E-state index in [1.807, 2.05) is 24.4 Å². The summed E-state index contributed by atoms with van der Waals surface area (Å²) in [6, 6.07) is 8.30. The van der Waals surface area contributed by atoms with E-state index in [0.29, 0.717) is 0 Å². The zero-order valence-electron chi connectivity index (χ0n) is 14.6. The number of rotatable bonds is 4. The van der Waals surface area contributed by atoms with Crippen molar-refractivity contribution in [3.8, 4) is 0 Å². The third-order valence-corrected chi connectivity index (χ3v) is 5.73. The molecule has 1 aliphatic heterocycles. The summed E-state index contributed by atoms with van der Waals surface area (Å²) in [5.41, 5.74) is 4.27. The van der Waals surface area contributed by atoms with Crippen LogP contribution in [-0.2, 0) is 0 Å². The van der Waals surface area contributed by atoms with Gasteiger partial charge in [0.25, 0.3) is 5.91 Å². The van der Waals surface area contributed by atoms with E-state index in [0.717, 1.165) is 54.4 Å². The van der Waals surface area contributed by atoms with Gasteiger partial charge in [-0.15, -0.1) is 11.3 Å². The van der Waals surface area contributed by atoms with Crippen molar-refractivity contribution >= 4 is 28.6 Å². The van der Waals surface area contributed by atoms with Crippen molar-refractivity contribution in [3.63, 3.8) is 0 Å². The fraction of sp³-hybridized carbons (Fsp3) is 0.421. The van der Waals surface area contributed by atoms with Crippen LogP contribution in [0.1, 0.15) is 27.7 Å². The maximum atomic E-state index is 12.4. The molecule has 2 aromatic rings. The molecule has 1 aromatic carbocycles. The Hall–Kier alpha value is -1.85. The number of hydrogen-bond donors (Lipinski definition) is 1. The minimum absolute atomic E-state index is 0.0186. The minimum Gasteiger partial charge on any atom is -0.369 e. The molecule has 1 N–H and O–H groups in total. The van der Waals surface area contributed by atoms with Gasteiger partial charge < -0.3 is 15.1 Å². The molecule has 1 fully saturated rings. The van der Waals surface area contributed by atoms with E-state index in [1.165, 1.54) is 17.0 Å². The first-order chi connectivity index (χ1) is 11.6. The van der Waals surface area contributed by atoms with E-state index in [-0.39, 0.29) is 5.91 Å². The molecule has 2 heterocycles. The highest BCUT2D eigenvalue weighted by Gasteiger charge is 2.17. The Labute approximate surface area is 148 Å². The second-order valence-corrected chi connectivity index (χ2v) is 7.22. The third kappa shape index (κ3) is 3.62. The zero-order valence-corrected chi connectivity index (χ0v) is 15.4. The van der Waals surface area contributed by atoms with E-state index >= 15 is 0 Å². The lowest BCUT2D eigenvalue weighted by Crippen LogP contribution is -2.46. The van der Waals surface area contributed by atoms with Gasteiger partial charge in [-0.25, -0.2) is 0 Å². The summed E-state index contributed by atoms with van der Waals surface area (Å²) in [6.45, 7) is 11.7. The molecule has 5 heteroatoms. The van der Waals surface area contributed by atoms with Crippen LogP contribution in [-0.4, -0.2) is 43.5 Å². The largest absolute Gasteiger partial charge is 0.369 e. The topological polar surface area (TPSA) is 35.6 Å². The second kappa shape index (κ2) is 7.36. The highest BCUT2D eigenvalue weighted by Crippen LogP contribution is 2.25. The molecule has 24 heavy (non-hydrogen) atoms. The number of carbonyl (C=O) groups is 1. The van der Waals surface area contributed by atoms with Gasteiger partial charge in [-0.3, -0.25) is 4.79 Å². The van der Waals surface area contributed by atoms with Crippen LogP contribution in [0.25, 0.3) is 0 Å². The van der Waals surface area contributed by atoms with Crippen LogP contribution < -0.4 is 10.2 Å². The molecule has 0 spiro atoms. The number of likely N-dealkylation sites (N-methyl/N-ethyl adjacent to an activating group) is 1. The van der Waals surface area contributed by atoms with Crippen LogP contribution in [0.2, 0.25) is 0 Å². The summed E-state index contributed by atoms with van der Waals surface area (Å²) in [4.78, 5) is 18.1. The normalized spacial score (nSPS) is 15.5. The number of benzene rings is 1. The van der Waals surface area contributed by atoms with Crippen LogP contribution in [0.4, 0.5) is 11.4 Å². The van der Waals surface area contributed by atoms with Crippen molar-refractivity contribution in [2.24, 2.45) is 0 Å². The first-order valence-electron chi connectivity index (χ1n) is 8.52. The predicted molar refractivity (Wildman–Crippen MR) is 103 cm³/mol. The number of carbonyl (C=O) groups excluding carboxylic acids is 1. The molecule has 1 saturated heterocycles. The van der Waals surface area contributed by atoms with Crippen molar-refractivity contribution in [2.75, 3.05) is 42.9 Å². The van der Waals surface area contributed by atoms with Crippen LogP contribution in [0.3, 0.4) is 0 Å². The Morgan fingerprint density at radius 3 is 2.46 bits per heavy atom. The summed E-state index contributed by atoms with van der Waals surface area (Å²) in [5.74, 6) is -0.0186. The third-order valence-electron chi connectivity index (χ3n) is 4.71. The van der Waals surface area contributed by atoms with Crippen molar-refractivity contribution in [3.05, 3.63) is 45.6 Å². The Bertz CT molecular complexity index is 717. The smallest absolute Gasteiger partial charge is 0.266 e. The summed E-state index contributed by atoms with van der Waals surface area (Å²) >= 11 is 1.49. The average molecular weight is 343 g/mol. The summed E-state index contributed by atoms with van der Waals surface area (Å²) in [5, 5.41) is 5.00. The van der Waals surface area contributed by atoms with Crippen LogP contribution in [0, 0.1) is 13.8 Å². The van der Waals surface area contributed by atoms with Crippen LogP contribution in [0.15, 0.2) is 29.6 Å². The Kier molecular flexibility index (Phi) is 5.21. The van der Waals surface area contributed by atoms with E-state index in [1.54, 1.807) is 0 Å². The van der Waals surface area contributed by atoms with Crippen molar-refractivity contribution in [1.29, 1.82) is 0 Å². The van der Waals surface area contributed by atoms with Gasteiger partial charge in [-0.1, -0.05) is 6.92 Å². The molecule has 3 rings (SSSR count). The van der Waals surface area contributed by atoms with Gasteiger partial charge in [0.05, 0.1) is 4.88 Å². The Balaban J connectivity index is 1.69. The van der Waals surface area contributed by atoms with E-state index < -0.39 is 0 Å². The molecule has 1 amide bonds. The number of piperazine rings is 1. The van der Waals surface area contributed by atoms with Gasteiger partial charge in [-0.2, -0.15) is 0 Å². The summed E-state index contributed by atoms with van der Waals surface area (Å²) in [6.07, 6.45) is 0. The highest BCUT2D eigenvalue weighted by atomic mass is 32.1. The molecule has 0 unspecified atom stereocenters. The number of hydrogen-bond acceptors (Lipinski definition) is 4. The SMILES string of the molecule is CCN1CCN(c2ccc(NC(=O)c3sccc3C)c(C)c2)CC1. The van der Waals surface area contributed by atoms with Gasteiger partial charge in [0.15, 0.2) is 0 Å². The van der Waals surface area contributed by atoms with E-state index in [4.69, 9.17) is 0 Å². The number of thiophene rings is 1. The molecule has 0 bridgehead atoms. The van der Waals surface area contributed by atoms with Crippen molar-refractivity contribution < 1.29 is 4.79 Å². The lowest BCUT2D eigenvalue weighted by atomic mass is 10.1.